The summed E-state index contributed by atoms with van der Waals surface area (Å²) >= 11 is 0. The maximum atomic E-state index is 9.18. The molecule has 1 aliphatic heterocycles. The molecule has 3 nitrogen and oxygen atoms in total. The van der Waals surface area contributed by atoms with Crippen LogP contribution in [0.15, 0.2) is 0 Å². The third-order valence-electron chi connectivity index (χ3n) is 3.91. The Bertz CT molecular complexity index is 251. The summed E-state index contributed by atoms with van der Waals surface area (Å²) in [5.41, 5.74) is -0.326. The number of nitriles is 1. The summed E-state index contributed by atoms with van der Waals surface area (Å²) in [5, 5.41) is 12.5. The number of hydrogen-bond donors (Lipinski definition) is 1. The van der Waals surface area contributed by atoms with Gasteiger partial charge in [0.25, 0.3) is 0 Å². The van der Waals surface area contributed by atoms with Crippen LogP contribution in [0.2, 0.25) is 0 Å². The normalized spacial score (nSPS) is 20.9. The second-order valence-electron chi connectivity index (χ2n) is 5.69. The third-order valence-corrected chi connectivity index (χ3v) is 3.91. The molecule has 0 bridgehead atoms. The van der Waals surface area contributed by atoms with Gasteiger partial charge in [-0.05, 0) is 65.2 Å². The quantitative estimate of drug-likeness (QED) is 0.707. The van der Waals surface area contributed by atoms with E-state index in [-0.39, 0.29) is 5.54 Å². The first-order chi connectivity index (χ1) is 8.70. The number of unbranched alkanes of at least 4 members (excludes halogenated alkanes) is 1. The Balaban J connectivity index is 2.15. The van der Waals surface area contributed by atoms with Crippen molar-refractivity contribution in [3.8, 4) is 6.07 Å². The minimum absolute atomic E-state index is 0.326. The molecule has 1 N–H and O–H groups in total. The van der Waals surface area contributed by atoms with Gasteiger partial charge in [0.15, 0.2) is 0 Å². The lowest BCUT2D eigenvalue weighted by molar-refractivity contribution is 0.273. The molecule has 0 spiro atoms. The van der Waals surface area contributed by atoms with E-state index in [2.05, 4.69) is 23.2 Å². The Kier molecular flexibility index (Phi) is 7.31. The molecule has 1 fully saturated rings. The van der Waals surface area contributed by atoms with Crippen LogP contribution in [0.1, 0.15) is 58.8 Å². The van der Waals surface area contributed by atoms with Crippen molar-refractivity contribution in [2.75, 3.05) is 26.2 Å². The van der Waals surface area contributed by atoms with E-state index in [4.69, 9.17) is 0 Å². The van der Waals surface area contributed by atoms with E-state index in [0.29, 0.717) is 0 Å². The van der Waals surface area contributed by atoms with Gasteiger partial charge in [-0.2, -0.15) is 5.26 Å². The van der Waals surface area contributed by atoms with Crippen LogP contribution in [0.25, 0.3) is 0 Å². The van der Waals surface area contributed by atoms with Crippen LogP contribution in [0.3, 0.4) is 0 Å². The summed E-state index contributed by atoms with van der Waals surface area (Å²) in [5.74, 6) is 0. The summed E-state index contributed by atoms with van der Waals surface area (Å²) in [7, 11) is 0. The van der Waals surface area contributed by atoms with Crippen LogP contribution < -0.4 is 5.32 Å². The summed E-state index contributed by atoms with van der Waals surface area (Å²) in [6, 6.07) is 2.40. The van der Waals surface area contributed by atoms with Gasteiger partial charge in [-0.1, -0.05) is 19.8 Å². The molecular formula is C15H29N3. The molecule has 0 saturated carbocycles. The summed E-state index contributed by atoms with van der Waals surface area (Å²) in [6.07, 6.45) is 8.88. The zero-order valence-electron chi connectivity index (χ0n) is 12.2. The molecule has 0 aliphatic carbocycles. The number of nitrogens with one attached hydrogen (secondary N) is 1. The van der Waals surface area contributed by atoms with Crippen LogP contribution in [0.4, 0.5) is 0 Å². The van der Waals surface area contributed by atoms with Crippen LogP contribution in [0, 0.1) is 11.3 Å². The van der Waals surface area contributed by atoms with Gasteiger partial charge in [0.05, 0.1) is 6.07 Å². The van der Waals surface area contributed by atoms with Gasteiger partial charge in [-0.25, -0.2) is 0 Å². The fraction of sp³-hybridized carbons (Fsp3) is 0.933. The van der Waals surface area contributed by atoms with Gasteiger partial charge < -0.3 is 4.90 Å². The largest absolute Gasteiger partial charge is 0.303 e. The molecule has 1 unspecified atom stereocenters. The van der Waals surface area contributed by atoms with Crippen LogP contribution in [-0.2, 0) is 0 Å². The van der Waals surface area contributed by atoms with Gasteiger partial charge >= 0.3 is 0 Å². The SMILES string of the molecule is CCNC(C)(C#N)CCCCN1CCCCCC1. The van der Waals surface area contributed by atoms with Gasteiger partial charge in [-0.15, -0.1) is 0 Å². The fourth-order valence-corrected chi connectivity index (χ4v) is 2.75. The molecular weight excluding hydrogens is 222 g/mol. The van der Waals surface area contributed by atoms with Crippen molar-refractivity contribution in [2.45, 2.75) is 64.3 Å². The molecule has 0 aromatic carbocycles. The number of rotatable bonds is 7. The van der Waals surface area contributed by atoms with E-state index in [9.17, 15) is 5.26 Å². The molecule has 1 heterocycles. The predicted octanol–water partition coefficient (Wildman–Crippen LogP) is 2.92. The molecule has 1 saturated heterocycles. The summed E-state index contributed by atoms with van der Waals surface area (Å²) < 4.78 is 0. The van der Waals surface area contributed by atoms with Crippen molar-refractivity contribution in [2.24, 2.45) is 0 Å². The Morgan fingerprint density at radius 3 is 2.39 bits per heavy atom. The highest BCUT2D eigenvalue weighted by molar-refractivity contribution is 5.03. The lowest BCUT2D eigenvalue weighted by Gasteiger charge is -2.24. The van der Waals surface area contributed by atoms with E-state index in [1.165, 1.54) is 51.7 Å². The first-order valence-corrected chi connectivity index (χ1v) is 7.59. The molecule has 1 rings (SSSR count). The Hall–Kier alpha value is -0.590. The molecule has 0 aromatic heterocycles. The van der Waals surface area contributed by atoms with E-state index < -0.39 is 0 Å². The van der Waals surface area contributed by atoms with Crippen molar-refractivity contribution < 1.29 is 0 Å². The van der Waals surface area contributed by atoms with Gasteiger partial charge in [0.2, 0.25) is 0 Å². The molecule has 0 aromatic rings. The van der Waals surface area contributed by atoms with Crippen molar-refractivity contribution in [3.05, 3.63) is 0 Å². The Morgan fingerprint density at radius 2 is 1.83 bits per heavy atom. The second kappa shape index (κ2) is 8.50. The summed E-state index contributed by atoms with van der Waals surface area (Å²) in [6.45, 7) is 8.73. The average molecular weight is 251 g/mol. The number of likely N-dealkylation sites (tertiary alicyclic amines) is 1. The van der Waals surface area contributed by atoms with Crippen molar-refractivity contribution in [3.63, 3.8) is 0 Å². The third kappa shape index (κ3) is 5.84. The molecule has 0 radical (unpaired) electrons. The molecule has 104 valence electrons. The van der Waals surface area contributed by atoms with Gasteiger partial charge in [0, 0.05) is 0 Å². The highest BCUT2D eigenvalue weighted by atomic mass is 15.1. The number of nitrogens with zero attached hydrogens (tertiary/aromatic N) is 2. The Labute approximate surface area is 113 Å². The number of hydrogen-bond acceptors (Lipinski definition) is 3. The van der Waals surface area contributed by atoms with Crippen LogP contribution in [0.5, 0.6) is 0 Å². The molecule has 3 heteroatoms. The lowest BCUT2D eigenvalue weighted by atomic mass is 9.96. The van der Waals surface area contributed by atoms with Crippen molar-refractivity contribution in [1.82, 2.24) is 10.2 Å². The lowest BCUT2D eigenvalue weighted by Crippen LogP contribution is -2.40. The fourth-order valence-electron chi connectivity index (χ4n) is 2.75. The average Bonchev–Trinajstić information content (AvgIpc) is 2.64. The highest BCUT2D eigenvalue weighted by Crippen LogP contribution is 2.14. The molecule has 18 heavy (non-hydrogen) atoms. The van der Waals surface area contributed by atoms with E-state index >= 15 is 0 Å². The van der Waals surface area contributed by atoms with Crippen molar-refractivity contribution >= 4 is 0 Å². The first-order valence-electron chi connectivity index (χ1n) is 7.59. The topological polar surface area (TPSA) is 39.1 Å². The molecule has 1 aliphatic rings. The minimum atomic E-state index is -0.326. The second-order valence-corrected chi connectivity index (χ2v) is 5.69. The monoisotopic (exact) mass is 251 g/mol. The summed E-state index contributed by atoms with van der Waals surface area (Å²) in [4.78, 5) is 2.60. The molecule has 0 amide bonds. The van der Waals surface area contributed by atoms with Crippen LogP contribution >= 0.6 is 0 Å². The smallest absolute Gasteiger partial charge is 0.103 e. The predicted molar refractivity (Wildman–Crippen MR) is 76.5 cm³/mol. The minimum Gasteiger partial charge on any atom is -0.303 e. The van der Waals surface area contributed by atoms with E-state index in [0.717, 1.165) is 19.4 Å². The standard InChI is InChI=1S/C15H29N3/c1-3-17-15(2,14-16)10-6-9-13-18-11-7-4-5-8-12-18/h17H,3-13H2,1-2H3. The maximum Gasteiger partial charge on any atom is 0.103 e. The zero-order chi connectivity index (χ0) is 13.3. The van der Waals surface area contributed by atoms with E-state index in [1.54, 1.807) is 0 Å². The van der Waals surface area contributed by atoms with Gasteiger partial charge in [0.1, 0.15) is 5.54 Å². The molecule has 1 atom stereocenters. The van der Waals surface area contributed by atoms with Crippen LogP contribution in [-0.4, -0.2) is 36.6 Å². The highest BCUT2D eigenvalue weighted by Gasteiger charge is 2.21. The maximum absolute atomic E-state index is 9.18. The Morgan fingerprint density at radius 1 is 1.17 bits per heavy atom. The zero-order valence-corrected chi connectivity index (χ0v) is 12.2. The van der Waals surface area contributed by atoms with Gasteiger partial charge in [-0.3, -0.25) is 5.32 Å². The van der Waals surface area contributed by atoms with Crippen molar-refractivity contribution in [1.29, 1.82) is 5.26 Å². The first kappa shape index (κ1) is 15.5. The van der Waals surface area contributed by atoms with E-state index in [1.807, 2.05) is 6.92 Å².